The van der Waals surface area contributed by atoms with Gasteiger partial charge in [-0.05, 0) is 52.1 Å². The highest BCUT2D eigenvalue weighted by molar-refractivity contribution is 5.89. The van der Waals surface area contributed by atoms with Crippen LogP contribution in [0.1, 0.15) is 36.5 Å². The van der Waals surface area contributed by atoms with Crippen molar-refractivity contribution in [3.8, 4) is 0 Å². The van der Waals surface area contributed by atoms with Crippen molar-refractivity contribution >= 4 is 21.5 Å². The highest BCUT2D eigenvalue weighted by Gasteiger charge is 2.37. The molecule has 1 aliphatic heterocycles. The van der Waals surface area contributed by atoms with E-state index in [-0.39, 0.29) is 5.54 Å². The van der Waals surface area contributed by atoms with Crippen LogP contribution in [-0.4, -0.2) is 5.54 Å². The molecule has 4 aromatic rings. The Kier molecular flexibility index (Phi) is 3.41. The van der Waals surface area contributed by atoms with E-state index in [4.69, 9.17) is 0 Å². The second kappa shape index (κ2) is 5.69. The van der Waals surface area contributed by atoms with Crippen molar-refractivity contribution in [1.82, 2.24) is 5.32 Å². The summed E-state index contributed by atoms with van der Waals surface area (Å²) in [5, 5.41) is 9.11. The first-order chi connectivity index (χ1) is 12.6. The lowest BCUT2D eigenvalue weighted by atomic mass is 9.71. The molecule has 26 heavy (non-hydrogen) atoms. The van der Waals surface area contributed by atoms with E-state index in [0.29, 0.717) is 5.92 Å². The Morgan fingerprint density at radius 1 is 0.769 bits per heavy atom. The average molecular weight is 337 g/mol. The molecule has 0 radical (unpaired) electrons. The molecule has 0 spiro atoms. The predicted molar refractivity (Wildman–Crippen MR) is 111 cm³/mol. The standard InChI is InChI=1S/C25H23N/c1-25(2)24(20-13-11-17-7-3-4-9-19(17)15-20)23-21(16-26-25)14-12-18-8-5-6-10-22(18)23/h3-15,24,26H,16H2,1-2H3. The molecule has 1 heteroatoms. The molecule has 4 aromatic carbocycles. The third kappa shape index (κ3) is 2.35. The molecule has 1 N–H and O–H groups in total. The highest BCUT2D eigenvalue weighted by atomic mass is 15.0. The fourth-order valence-corrected chi connectivity index (χ4v) is 4.59. The zero-order valence-electron chi connectivity index (χ0n) is 15.3. The number of hydrogen-bond acceptors (Lipinski definition) is 1. The van der Waals surface area contributed by atoms with Crippen LogP contribution < -0.4 is 5.32 Å². The molecule has 1 unspecified atom stereocenters. The highest BCUT2D eigenvalue weighted by Crippen LogP contribution is 2.43. The quantitative estimate of drug-likeness (QED) is 0.449. The first-order valence-corrected chi connectivity index (χ1v) is 9.38. The summed E-state index contributed by atoms with van der Waals surface area (Å²) in [6, 6.07) is 28.9. The van der Waals surface area contributed by atoms with E-state index >= 15 is 0 Å². The van der Waals surface area contributed by atoms with Crippen LogP contribution in [0.15, 0.2) is 78.9 Å². The Bertz CT molecular complexity index is 1120. The summed E-state index contributed by atoms with van der Waals surface area (Å²) >= 11 is 0. The number of benzene rings is 4. The third-order valence-electron chi connectivity index (χ3n) is 5.91. The Morgan fingerprint density at radius 2 is 1.46 bits per heavy atom. The van der Waals surface area contributed by atoms with Gasteiger partial charge in [0.05, 0.1) is 0 Å². The number of rotatable bonds is 1. The van der Waals surface area contributed by atoms with Crippen LogP contribution in [0.4, 0.5) is 0 Å². The fourth-order valence-electron chi connectivity index (χ4n) is 4.59. The monoisotopic (exact) mass is 337 g/mol. The van der Waals surface area contributed by atoms with Crippen molar-refractivity contribution in [3.05, 3.63) is 95.6 Å². The van der Waals surface area contributed by atoms with Gasteiger partial charge in [-0.25, -0.2) is 0 Å². The van der Waals surface area contributed by atoms with Crippen LogP contribution >= 0.6 is 0 Å². The van der Waals surface area contributed by atoms with Crippen molar-refractivity contribution in [2.24, 2.45) is 0 Å². The molecule has 5 rings (SSSR count). The number of hydrogen-bond donors (Lipinski definition) is 1. The van der Waals surface area contributed by atoms with E-state index in [9.17, 15) is 0 Å². The minimum Gasteiger partial charge on any atom is -0.307 e. The van der Waals surface area contributed by atoms with Crippen LogP contribution in [0.5, 0.6) is 0 Å². The lowest BCUT2D eigenvalue weighted by molar-refractivity contribution is 0.325. The molecule has 0 aliphatic carbocycles. The van der Waals surface area contributed by atoms with Gasteiger partial charge in [0.2, 0.25) is 0 Å². The molecule has 0 aromatic heterocycles. The van der Waals surface area contributed by atoms with Crippen molar-refractivity contribution in [3.63, 3.8) is 0 Å². The summed E-state index contributed by atoms with van der Waals surface area (Å²) in [5.74, 6) is 0.321. The first kappa shape index (κ1) is 15.6. The van der Waals surface area contributed by atoms with Gasteiger partial charge in [0, 0.05) is 18.0 Å². The molecular weight excluding hydrogens is 314 g/mol. The van der Waals surface area contributed by atoms with Crippen LogP contribution in [0.3, 0.4) is 0 Å². The van der Waals surface area contributed by atoms with E-state index in [1.165, 1.54) is 38.2 Å². The maximum Gasteiger partial charge on any atom is 0.0276 e. The van der Waals surface area contributed by atoms with Gasteiger partial charge < -0.3 is 5.32 Å². The van der Waals surface area contributed by atoms with Gasteiger partial charge in [0.1, 0.15) is 0 Å². The smallest absolute Gasteiger partial charge is 0.0276 e. The van der Waals surface area contributed by atoms with Crippen molar-refractivity contribution in [2.45, 2.75) is 31.8 Å². The minimum atomic E-state index is -0.000415. The van der Waals surface area contributed by atoms with E-state index in [1.54, 1.807) is 0 Å². The predicted octanol–water partition coefficient (Wildman–Crippen LogP) is 6.01. The minimum absolute atomic E-state index is 0.000415. The number of fused-ring (bicyclic) bond motifs is 4. The topological polar surface area (TPSA) is 12.0 Å². The Labute approximate surface area is 154 Å². The summed E-state index contributed by atoms with van der Waals surface area (Å²) in [5.41, 5.74) is 4.29. The van der Waals surface area contributed by atoms with Crippen LogP contribution in [0.25, 0.3) is 21.5 Å². The molecule has 1 atom stereocenters. The lowest BCUT2D eigenvalue weighted by Gasteiger charge is -2.42. The molecular formula is C25H23N. The molecule has 1 aliphatic rings. The molecule has 0 bridgehead atoms. The molecule has 0 amide bonds. The maximum atomic E-state index is 3.78. The Morgan fingerprint density at radius 3 is 2.31 bits per heavy atom. The molecule has 0 fully saturated rings. The van der Waals surface area contributed by atoms with Crippen LogP contribution in [0, 0.1) is 0 Å². The largest absolute Gasteiger partial charge is 0.307 e. The Balaban J connectivity index is 1.80. The van der Waals surface area contributed by atoms with Crippen LogP contribution in [-0.2, 0) is 6.54 Å². The first-order valence-electron chi connectivity index (χ1n) is 9.38. The van der Waals surface area contributed by atoms with Crippen molar-refractivity contribution in [1.29, 1.82) is 0 Å². The average Bonchev–Trinajstić information content (AvgIpc) is 2.67. The van der Waals surface area contributed by atoms with Gasteiger partial charge in [0.15, 0.2) is 0 Å². The van der Waals surface area contributed by atoms with E-state index < -0.39 is 0 Å². The van der Waals surface area contributed by atoms with E-state index in [1.807, 2.05) is 0 Å². The second-order valence-electron chi connectivity index (χ2n) is 7.97. The summed E-state index contributed by atoms with van der Waals surface area (Å²) in [7, 11) is 0. The molecule has 1 nitrogen and oxygen atoms in total. The van der Waals surface area contributed by atoms with Gasteiger partial charge in [-0.1, -0.05) is 78.9 Å². The normalized spacial score (nSPS) is 18.8. The van der Waals surface area contributed by atoms with Gasteiger partial charge in [-0.15, -0.1) is 0 Å². The number of nitrogens with one attached hydrogen (secondary N) is 1. The summed E-state index contributed by atoms with van der Waals surface area (Å²) in [6.45, 7) is 5.59. The van der Waals surface area contributed by atoms with Crippen molar-refractivity contribution < 1.29 is 0 Å². The van der Waals surface area contributed by atoms with Crippen LogP contribution in [0.2, 0.25) is 0 Å². The summed E-state index contributed by atoms with van der Waals surface area (Å²) in [6.07, 6.45) is 0. The fraction of sp³-hybridized carbons (Fsp3) is 0.200. The SMILES string of the molecule is CC1(C)NCc2ccc3ccccc3c2C1c1ccc2ccccc2c1. The summed E-state index contributed by atoms with van der Waals surface area (Å²) < 4.78 is 0. The summed E-state index contributed by atoms with van der Waals surface area (Å²) in [4.78, 5) is 0. The molecule has 0 saturated heterocycles. The zero-order chi connectivity index (χ0) is 17.7. The van der Waals surface area contributed by atoms with Gasteiger partial charge in [0.25, 0.3) is 0 Å². The van der Waals surface area contributed by atoms with Gasteiger partial charge in [-0.3, -0.25) is 0 Å². The third-order valence-corrected chi connectivity index (χ3v) is 5.91. The van der Waals surface area contributed by atoms with Gasteiger partial charge in [-0.2, -0.15) is 0 Å². The maximum absolute atomic E-state index is 3.78. The van der Waals surface area contributed by atoms with Crippen molar-refractivity contribution in [2.75, 3.05) is 0 Å². The zero-order valence-corrected chi connectivity index (χ0v) is 15.3. The Hall–Kier alpha value is -2.64. The molecule has 128 valence electrons. The molecule has 1 heterocycles. The van der Waals surface area contributed by atoms with Gasteiger partial charge >= 0.3 is 0 Å². The molecule has 0 saturated carbocycles. The second-order valence-corrected chi connectivity index (χ2v) is 7.97. The lowest BCUT2D eigenvalue weighted by Crippen LogP contribution is -2.48. The van der Waals surface area contributed by atoms with E-state index in [2.05, 4.69) is 98.0 Å². The van der Waals surface area contributed by atoms with E-state index in [0.717, 1.165) is 6.54 Å².